The summed E-state index contributed by atoms with van der Waals surface area (Å²) in [5, 5.41) is 16.1. The summed E-state index contributed by atoms with van der Waals surface area (Å²) in [5.41, 5.74) is -2.74. The van der Waals surface area contributed by atoms with Crippen LogP contribution < -0.4 is 0 Å². The highest BCUT2D eigenvalue weighted by atomic mass is 32.9. The van der Waals surface area contributed by atoms with Crippen LogP contribution in [-0.4, -0.2) is 41.6 Å². The molecule has 0 aromatic heterocycles. The van der Waals surface area contributed by atoms with Crippen LogP contribution in [0.4, 0.5) is 0 Å². The molecule has 0 aliphatic carbocycles. The minimum atomic E-state index is -2.74. The van der Waals surface area contributed by atoms with Gasteiger partial charge in [0.1, 0.15) is 5.25 Å². The molecule has 0 heterocycles. The first kappa shape index (κ1) is 14.9. The molecule has 0 spiro atoms. The first-order chi connectivity index (χ1) is 6.84. The van der Waals surface area contributed by atoms with Crippen LogP contribution in [0.2, 0.25) is 0 Å². The van der Waals surface area contributed by atoms with Gasteiger partial charge in [-0.25, -0.2) is 0 Å². The molecule has 88 valence electrons. The van der Waals surface area contributed by atoms with Crippen molar-refractivity contribution < 1.29 is 28.8 Å². The zero-order valence-electron chi connectivity index (χ0n) is 8.08. The van der Waals surface area contributed by atoms with Gasteiger partial charge in [-0.15, -0.1) is 0 Å². The monoisotopic (exact) mass is 274 g/mol. The minimum absolute atomic E-state index is 0.523. The summed E-state index contributed by atoms with van der Waals surface area (Å²) in [6.45, 7) is 0. The van der Waals surface area contributed by atoms with E-state index in [-0.39, 0.29) is 0 Å². The highest BCUT2D eigenvalue weighted by Crippen LogP contribution is 2.61. The van der Waals surface area contributed by atoms with Crippen molar-refractivity contribution in [1.82, 2.24) is 0 Å². The number of hydrogen-bond acceptors (Lipinski definition) is 6. The quantitative estimate of drug-likeness (QED) is 0.668. The highest BCUT2D eigenvalue weighted by molar-refractivity contribution is 8.68. The first-order valence-corrected chi connectivity index (χ1v) is 7.81. The third kappa shape index (κ3) is 5.48. The zero-order chi connectivity index (χ0) is 12.1. The van der Waals surface area contributed by atoms with E-state index >= 15 is 0 Å². The Hall–Kier alpha value is -0.140. The SMILES string of the molecule is COP(=S)(OC)SC(CC(=O)O)C(=O)O. The Labute approximate surface area is 95.9 Å². The number of aliphatic carboxylic acids is 2. The smallest absolute Gasteiger partial charge is 0.317 e. The van der Waals surface area contributed by atoms with E-state index in [4.69, 9.17) is 31.1 Å². The van der Waals surface area contributed by atoms with Crippen LogP contribution in [0.15, 0.2) is 0 Å². The Bertz CT molecular complexity index is 285. The summed E-state index contributed by atoms with van der Waals surface area (Å²) in [6, 6.07) is 0. The Morgan fingerprint density at radius 2 is 1.87 bits per heavy atom. The molecular formula is C6H11O6PS2. The normalized spacial score (nSPS) is 13.5. The lowest BCUT2D eigenvalue weighted by molar-refractivity contribution is -0.142. The van der Waals surface area contributed by atoms with Gasteiger partial charge in [0.05, 0.1) is 6.42 Å². The van der Waals surface area contributed by atoms with Crippen molar-refractivity contribution in [3.8, 4) is 0 Å². The molecule has 2 N–H and O–H groups in total. The third-order valence-corrected chi connectivity index (χ3v) is 7.22. The molecule has 6 nitrogen and oxygen atoms in total. The molecule has 15 heavy (non-hydrogen) atoms. The largest absolute Gasteiger partial charge is 0.481 e. The lowest BCUT2D eigenvalue weighted by Crippen LogP contribution is -2.20. The van der Waals surface area contributed by atoms with E-state index in [1.807, 2.05) is 0 Å². The van der Waals surface area contributed by atoms with Crippen molar-refractivity contribution in [2.45, 2.75) is 11.7 Å². The van der Waals surface area contributed by atoms with Crippen molar-refractivity contribution in [3.63, 3.8) is 0 Å². The van der Waals surface area contributed by atoms with Gasteiger partial charge in [0.15, 0.2) is 0 Å². The van der Waals surface area contributed by atoms with E-state index in [2.05, 4.69) is 0 Å². The molecule has 0 rings (SSSR count). The fourth-order valence-electron chi connectivity index (χ4n) is 0.645. The van der Waals surface area contributed by atoms with Crippen molar-refractivity contribution in [2.24, 2.45) is 0 Å². The molecule has 1 atom stereocenters. The third-order valence-electron chi connectivity index (χ3n) is 1.34. The minimum Gasteiger partial charge on any atom is -0.481 e. The van der Waals surface area contributed by atoms with Gasteiger partial charge in [0, 0.05) is 14.2 Å². The first-order valence-electron chi connectivity index (χ1n) is 3.69. The Balaban J connectivity index is 4.60. The molecule has 0 fully saturated rings. The standard InChI is InChI=1S/C6H11O6PS2/c1-11-13(14,12-2)15-4(6(9)10)3-5(7)8/h4H,3H2,1-2H3,(H,7,8)(H,9,10). The summed E-state index contributed by atoms with van der Waals surface area (Å²) in [7, 11) is 2.61. The maximum absolute atomic E-state index is 10.7. The number of carboxylic acid groups (broad SMARTS) is 2. The van der Waals surface area contributed by atoms with Crippen molar-refractivity contribution >= 4 is 40.8 Å². The van der Waals surface area contributed by atoms with Crippen LogP contribution in [0.5, 0.6) is 0 Å². The van der Waals surface area contributed by atoms with Gasteiger partial charge in [0.25, 0.3) is 0 Å². The van der Waals surface area contributed by atoms with Crippen LogP contribution in [0.3, 0.4) is 0 Å². The molecule has 1 unspecified atom stereocenters. The second-order valence-corrected chi connectivity index (χ2v) is 8.96. The summed E-state index contributed by atoms with van der Waals surface area (Å²) < 4.78 is 9.72. The highest BCUT2D eigenvalue weighted by Gasteiger charge is 2.30. The van der Waals surface area contributed by atoms with Crippen molar-refractivity contribution in [1.29, 1.82) is 0 Å². The molecule has 0 bridgehead atoms. The van der Waals surface area contributed by atoms with Crippen LogP contribution in [-0.2, 0) is 30.4 Å². The van der Waals surface area contributed by atoms with Crippen LogP contribution >= 0.6 is 17.1 Å². The number of carbonyl (C=O) groups is 2. The molecule has 0 radical (unpaired) electrons. The molecule has 0 saturated carbocycles. The summed E-state index contributed by atoms with van der Waals surface area (Å²) in [5.74, 6) is -2.45. The Morgan fingerprint density at radius 3 is 2.13 bits per heavy atom. The average molecular weight is 274 g/mol. The van der Waals surface area contributed by atoms with E-state index in [0.29, 0.717) is 0 Å². The van der Waals surface area contributed by atoms with Gasteiger partial charge in [0.2, 0.25) is 5.69 Å². The van der Waals surface area contributed by atoms with Crippen molar-refractivity contribution in [2.75, 3.05) is 14.2 Å². The van der Waals surface area contributed by atoms with E-state index in [0.717, 1.165) is 11.4 Å². The second kappa shape index (κ2) is 6.44. The molecule has 0 aromatic carbocycles. The molecule has 9 heteroatoms. The predicted octanol–water partition coefficient (Wildman–Crippen LogP) is 1.16. The molecule has 0 aliphatic rings. The zero-order valence-corrected chi connectivity index (χ0v) is 10.6. The summed E-state index contributed by atoms with van der Waals surface area (Å²) >= 11 is 5.66. The van der Waals surface area contributed by atoms with E-state index in [1.165, 1.54) is 14.2 Å². The van der Waals surface area contributed by atoms with E-state index < -0.39 is 29.3 Å². The predicted molar refractivity (Wildman–Crippen MR) is 59.6 cm³/mol. The second-order valence-electron chi connectivity index (χ2n) is 2.34. The number of rotatable bonds is 7. The summed E-state index contributed by atoms with van der Waals surface area (Å²) in [6.07, 6.45) is -0.523. The fraction of sp³-hybridized carbons (Fsp3) is 0.667. The molecule has 0 aliphatic heterocycles. The van der Waals surface area contributed by atoms with Crippen molar-refractivity contribution in [3.05, 3.63) is 0 Å². The number of hydrogen-bond donors (Lipinski definition) is 2. The summed E-state index contributed by atoms with van der Waals surface area (Å²) in [4.78, 5) is 21.1. The molecule has 0 aromatic rings. The lowest BCUT2D eigenvalue weighted by atomic mass is 10.3. The Kier molecular flexibility index (Phi) is 6.38. The maximum Gasteiger partial charge on any atom is 0.317 e. The van der Waals surface area contributed by atoms with Gasteiger partial charge in [-0.3, -0.25) is 9.59 Å². The maximum atomic E-state index is 10.7. The van der Waals surface area contributed by atoms with Crippen LogP contribution in [0.25, 0.3) is 0 Å². The molecule has 0 saturated heterocycles. The average Bonchev–Trinajstić information content (AvgIpc) is 2.16. The van der Waals surface area contributed by atoms with Gasteiger partial charge < -0.3 is 19.3 Å². The number of carboxylic acids is 2. The van der Waals surface area contributed by atoms with E-state index in [9.17, 15) is 9.59 Å². The van der Waals surface area contributed by atoms with E-state index in [1.54, 1.807) is 0 Å². The van der Waals surface area contributed by atoms with Gasteiger partial charge in [-0.05, 0) is 11.8 Å². The van der Waals surface area contributed by atoms with Gasteiger partial charge in [-0.1, -0.05) is 11.4 Å². The van der Waals surface area contributed by atoms with Crippen LogP contribution in [0.1, 0.15) is 6.42 Å². The van der Waals surface area contributed by atoms with Gasteiger partial charge in [-0.2, -0.15) is 0 Å². The Morgan fingerprint density at radius 1 is 1.40 bits per heavy atom. The fourth-order valence-corrected chi connectivity index (χ4v) is 4.47. The topological polar surface area (TPSA) is 93.1 Å². The molecule has 0 amide bonds. The lowest BCUT2D eigenvalue weighted by Gasteiger charge is -2.19. The van der Waals surface area contributed by atoms with Gasteiger partial charge >= 0.3 is 11.9 Å². The van der Waals surface area contributed by atoms with Crippen LogP contribution in [0, 0.1) is 0 Å². The molecular weight excluding hydrogens is 263 g/mol.